The molecule has 3 rings (SSSR count). The molecular formula is C22H21FN2O. The van der Waals surface area contributed by atoms with Crippen molar-refractivity contribution in [1.29, 1.82) is 0 Å². The third-order valence-electron chi connectivity index (χ3n) is 4.36. The van der Waals surface area contributed by atoms with E-state index in [0.29, 0.717) is 13.0 Å². The van der Waals surface area contributed by atoms with Crippen LogP contribution in [0.1, 0.15) is 13.3 Å². The van der Waals surface area contributed by atoms with Crippen LogP contribution >= 0.6 is 0 Å². The molecule has 0 aliphatic heterocycles. The summed E-state index contributed by atoms with van der Waals surface area (Å²) in [5.74, 6) is -0.116. The first-order valence-electron chi connectivity index (χ1n) is 8.43. The van der Waals surface area contributed by atoms with E-state index in [4.69, 9.17) is 0 Å². The van der Waals surface area contributed by atoms with Gasteiger partial charge < -0.3 is 9.88 Å². The number of benzene rings is 2. The molecule has 0 aliphatic rings. The fourth-order valence-electron chi connectivity index (χ4n) is 2.91. The standard InChI is InChI=1S/C22H21FN2O/c1-4-25(10-9-16(3)26)14-18-6-5-17(11-15(18)2)21-13-24-22-12-19(23)7-8-20(21)22/h4-8,11-14,24H,1-2,9-10H2,3H3. The van der Waals surface area contributed by atoms with Crippen molar-refractivity contribution in [2.75, 3.05) is 6.54 Å². The highest BCUT2D eigenvalue weighted by Gasteiger charge is 2.07. The number of nitrogens with zero attached hydrogens (tertiary/aromatic N) is 1. The van der Waals surface area contributed by atoms with Crippen molar-refractivity contribution in [2.45, 2.75) is 13.3 Å². The van der Waals surface area contributed by atoms with Gasteiger partial charge in [0.2, 0.25) is 0 Å². The van der Waals surface area contributed by atoms with E-state index < -0.39 is 0 Å². The van der Waals surface area contributed by atoms with Gasteiger partial charge in [0, 0.05) is 41.8 Å². The minimum absolute atomic E-state index is 0.145. The number of carbonyl (C=O) groups excluding carboxylic acids is 1. The number of fused-ring (bicyclic) bond motifs is 1. The van der Waals surface area contributed by atoms with Crippen molar-refractivity contribution in [3.63, 3.8) is 0 Å². The lowest BCUT2D eigenvalue weighted by Crippen LogP contribution is -2.27. The Kier molecular flexibility index (Phi) is 5.03. The Morgan fingerprint density at radius 1 is 1.27 bits per heavy atom. The van der Waals surface area contributed by atoms with E-state index in [9.17, 15) is 9.18 Å². The van der Waals surface area contributed by atoms with Gasteiger partial charge in [-0.05, 0) is 53.4 Å². The Balaban J connectivity index is 1.96. The van der Waals surface area contributed by atoms with Crippen LogP contribution in [0.4, 0.5) is 4.39 Å². The molecule has 0 saturated heterocycles. The summed E-state index contributed by atoms with van der Waals surface area (Å²) in [6.07, 6.45) is 5.99. The molecule has 2 aromatic carbocycles. The Bertz CT molecular complexity index is 1080. The van der Waals surface area contributed by atoms with Crippen LogP contribution in [0.3, 0.4) is 0 Å². The maximum absolute atomic E-state index is 13.4. The van der Waals surface area contributed by atoms with Gasteiger partial charge in [-0.25, -0.2) is 4.39 Å². The van der Waals surface area contributed by atoms with Gasteiger partial charge in [0.15, 0.2) is 0 Å². The molecule has 1 aromatic heterocycles. The molecule has 0 fully saturated rings. The average Bonchev–Trinajstić information content (AvgIpc) is 3.02. The number of carbonyl (C=O) groups is 1. The van der Waals surface area contributed by atoms with E-state index in [1.165, 1.54) is 12.1 Å². The van der Waals surface area contributed by atoms with E-state index in [2.05, 4.69) is 18.1 Å². The summed E-state index contributed by atoms with van der Waals surface area (Å²) in [6.45, 7) is 10.1. The molecule has 0 unspecified atom stereocenters. The summed E-state index contributed by atoms with van der Waals surface area (Å²) in [5.41, 5.74) is 2.79. The van der Waals surface area contributed by atoms with Crippen molar-refractivity contribution in [3.8, 4) is 11.1 Å². The molecule has 0 radical (unpaired) electrons. The molecule has 26 heavy (non-hydrogen) atoms. The van der Waals surface area contributed by atoms with Crippen LogP contribution in [-0.4, -0.2) is 22.2 Å². The molecule has 0 spiro atoms. The SMILES string of the molecule is C=CN(C=c1ccc(-c2c[nH]c3cc(F)ccc23)cc1=C)CCC(C)=O. The number of halogens is 1. The summed E-state index contributed by atoms with van der Waals surface area (Å²) in [7, 11) is 0. The van der Waals surface area contributed by atoms with Crippen LogP contribution in [0.15, 0.2) is 55.4 Å². The first-order valence-corrected chi connectivity index (χ1v) is 8.43. The Labute approximate surface area is 151 Å². The van der Waals surface area contributed by atoms with Crippen molar-refractivity contribution >= 4 is 29.5 Å². The van der Waals surface area contributed by atoms with Gasteiger partial charge in [-0.3, -0.25) is 4.79 Å². The highest BCUT2D eigenvalue weighted by atomic mass is 19.1. The predicted octanol–water partition coefficient (Wildman–Crippen LogP) is 3.55. The largest absolute Gasteiger partial charge is 0.360 e. The third-order valence-corrected chi connectivity index (χ3v) is 4.36. The van der Waals surface area contributed by atoms with Gasteiger partial charge in [0.25, 0.3) is 0 Å². The minimum Gasteiger partial charge on any atom is -0.360 e. The van der Waals surface area contributed by atoms with E-state index in [1.807, 2.05) is 35.5 Å². The van der Waals surface area contributed by atoms with Gasteiger partial charge in [-0.2, -0.15) is 0 Å². The number of aromatic amines is 1. The molecule has 1 N–H and O–H groups in total. The monoisotopic (exact) mass is 348 g/mol. The lowest BCUT2D eigenvalue weighted by molar-refractivity contribution is -0.117. The summed E-state index contributed by atoms with van der Waals surface area (Å²) < 4.78 is 13.4. The quantitative estimate of drug-likeness (QED) is 0.740. The maximum atomic E-state index is 13.4. The Morgan fingerprint density at radius 3 is 2.77 bits per heavy atom. The molecule has 4 heteroatoms. The second-order valence-corrected chi connectivity index (χ2v) is 6.31. The average molecular weight is 348 g/mol. The second-order valence-electron chi connectivity index (χ2n) is 6.31. The zero-order valence-electron chi connectivity index (χ0n) is 14.8. The van der Waals surface area contributed by atoms with Gasteiger partial charge in [-0.15, -0.1) is 0 Å². The molecule has 0 amide bonds. The van der Waals surface area contributed by atoms with Gasteiger partial charge >= 0.3 is 0 Å². The number of ketones is 1. The van der Waals surface area contributed by atoms with E-state index in [0.717, 1.165) is 32.5 Å². The van der Waals surface area contributed by atoms with Crippen molar-refractivity contribution < 1.29 is 9.18 Å². The highest BCUT2D eigenvalue weighted by molar-refractivity contribution is 5.95. The predicted molar refractivity (Wildman–Crippen MR) is 105 cm³/mol. The number of H-pyrrole nitrogens is 1. The number of rotatable bonds is 6. The minimum atomic E-state index is -0.260. The van der Waals surface area contributed by atoms with Crippen molar-refractivity contribution in [2.24, 2.45) is 0 Å². The summed E-state index contributed by atoms with van der Waals surface area (Å²) in [6, 6.07) is 10.7. The molecule has 0 saturated carbocycles. The fraction of sp³-hybridized carbons (Fsp3) is 0.136. The van der Waals surface area contributed by atoms with Gasteiger partial charge in [0.05, 0.1) is 0 Å². The van der Waals surface area contributed by atoms with Crippen LogP contribution in [-0.2, 0) is 4.79 Å². The second kappa shape index (κ2) is 7.40. The Hall–Kier alpha value is -3.14. The zero-order valence-corrected chi connectivity index (χ0v) is 14.8. The zero-order chi connectivity index (χ0) is 18.7. The molecule has 3 aromatic rings. The fourth-order valence-corrected chi connectivity index (χ4v) is 2.91. The maximum Gasteiger partial charge on any atom is 0.131 e. The Morgan fingerprint density at radius 2 is 2.08 bits per heavy atom. The van der Waals surface area contributed by atoms with E-state index in [1.54, 1.807) is 19.2 Å². The number of hydrogen-bond acceptors (Lipinski definition) is 2. The lowest BCUT2D eigenvalue weighted by Gasteiger charge is -2.13. The van der Waals surface area contributed by atoms with Crippen LogP contribution in [0.2, 0.25) is 0 Å². The van der Waals surface area contributed by atoms with Gasteiger partial charge in [0.1, 0.15) is 11.6 Å². The topological polar surface area (TPSA) is 36.1 Å². The first kappa shape index (κ1) is 17.7. The van der Waals surface area contributed by atoms with Crippen LogP contribution in [0.25, 0.3) is 34.8 Å². The smallest absolute Gasteiger partial charge is 0.131 e. The number of aromatic nitrogens is 1. The van der Waals surface area contributed by atoms with E-state index >= 15 is 0 Å². The van der Waals surface area contributed by atoms with Crippen molar-refractivity contribution in [3.05, 3.63) is 71.6 Å². The lowest BCUT2D eigenvalue weighted by atomic mass is 10.0. The third kappa shape index (κ3) is 3.75. The number of nitrogens with one attached hydrogen (secondary N) is 1. The first-order chi connectivity index (χ1) is 12.5. The molecule has 3 nitrogen and oxygen atoms in total. The van der Waals surface area contributed by atoms with E-state index in [-0.39, 0.29) is 11.6 Å². The summed E-state index contributed by atoms with van der Waals surface area (Å²) in [5, 5.41) is 2.80. The van der Waals surface area contributed by atoms with Crippen LogP contribution < -0.4 is 10.4 Å². The van der Waals surface area contributed by atoms with Crippen molar-refractivity contribution in [1.82, 2.24) is 9.88 Å². The number of Topliss-reactive ketones (excluding diaryl/α,β-unsaturated/α-hetero) is 1. The van der Waals surface area contributed by atoms with Crippen LogP contribution in [0.5, 0.6) is 0 Å². The molecule has 0 atom stereocenters. The molecular weight excluding hydrogens is 327 g/mol. The molecule has 0 bridgehead atoms. The van der Waals surface area contributed by atoms with Gasteiger partial charge in [-0.1, -0.05) is 25.3 Å². The molecule has 132 valence electrons. The molecule has 0 aliphatic carbocycles. The van der Waals surface area contributed by atoms with Crippen LogP contribution in [0, 0.1) is 5.82 Å². The highest BCUT2D eigenvalue weighted by Crippen LogP contribution is 2.27. The molecule has 1 heterocycles. The summed E-state index contributed by atoms with van der Waals surface area (Å²) >= 11 is 0. The number of hydrogen-bond donors (Lipinski definition) is 1. The normalized spacial score (nSPS) is 11.7. The summed E-state index contributed by atoms with van der Waals surface area (Å²) in [4.78, 5) is 16.2.